The van der Waals surface area contributed by atoms with Crippen molar-refractivity contribution in [3.8, 4) is 0 Å². The smallest absolute Gasteiger partial charge is 0.240 e. The molecule has 1 aliphatic heterocycles. The maximum absolute atomic E-state index is 11.4. The van der Waals surface area contributed by atoms with Crippen molar-refractivity contribution in [2.24, 2.45) is 11.7 Å². The average Bonchev–Trinajstić information content (AvgIpc) is 2.44. The second kappa shape index (κ2) is 6.86. The number of hydrogen-bond donors (Lipinski definition) is 2. The monoisotopic (exact) mass is 314 g/mol. The number of halogens is 1. The summed E-state index contributed by atoms with van der Waals surface area (Å²) in [4.78, 5) is 25.8. The van der Waals surface area contributed by atoms with Gasteiger partial charge in [0.1, 0.15) is 6.04 Å². The van der Waals surface area contributed by atoms with E-state index in [9.17, 15) is 4.79 Å². The lowest BCUT2D eigenvalue weighted by Crippen LogP contribution is -2.40. The number of carbonyl (C=O) groups is 1. The van der Waals surface area contributed by atoms with Crippen LogP contribution in [0.2, 0.25) is 5.28 Å². The third kappa shape index (κ3) is 4.15. The number of carbonyl (C=O) groups excluding carboxylic acids is 1. The van der Waals surface area contributed by atoms with E-state index in [1.807, 2.05) is 18.7 Å². The molecule has 21 heavy (non-hydrogen) atoms. The number of amides is 1. The van der Waals surface area contributed by atoms with Gasteiger partial charge in [-0.2, -0.15) is 15.0 Å². The van der Waals surface area contributed by atoms with E-state index in [4.69, 9.17) is 22.1 Å². The lowest BCUT2D eigenvalue weighted by Gasteiger charge is -2.27. The minimum atomic E-state index is -0.569. The van der Waals surface area contributed by atoms with Crippen LogP contribution in [0.4, 0.5) is 11.9 Å². The van der Waals surface area contributed by atoms with Crippen LogP contribution < -0.4 is 16.0 Å². The Bertz CT molecular complexity index is 507. The molecule has 1 amide bonds. The molecule has 2 rings (SSSR count). The van der Waals surface area contributed by atoms with Gasteiger partial charge < -0.3 is 20.7 Å². The fourth-order valence-corrected chi connectivity index (χ4v) is 2.17. The molecule has 0 aliphatic carbocycles. The lowest BCUT2D eigenvalue weighted by atomic mass is 10.0. The largest absolute Gasteiger partial charge is 0.378 e. The number of morpholine rings is 1. The summed E-state index contributed by atoms with van der Waals surface area (Å²) in [6, 6.07) is -0.569. The Morgan fingerprint density at radius 1 is 1.33 bits per heavy atom. The number of primary amides is 1. The zero-order valence-corrected chi connectivity index (χ0v) is 12.8. The molecule has 0 bridgehead atoms. The average molecular weight is 315 g/mol. The molecule has 9 heteroatoms. The molecular formula is C12H19ClN6O2. The number of nitrogens with one attached hydrogen (secondary N) is 1. The van der Waals surface area contributed by atoms with Gasteiger partial charge in [-0.05, 0) is 17.5 Å². The summed E-state index contributed by atoms with van der Waals surface area (Å²) >= 11 is 5.94. The van der Waals surface area contributed by atoms with Crippen LogP contribution in [0, 0.1) is 5.92 Å². The van der Waals surface area contributed by atoms with E-state index in [0.717, 1.165) is 0 Å². The fraction of sp³-hybridized carbons (Fsp3) is 0.667. The molecule has 3 N–H and O–H groups in total. The molecule has 1 aliphatic rings. The predicted octanol–water partition coefficient (Wildman–Crippen LogP) is 0.283. The number of anilines is 2. The molecule has 116 valence electrons. The van der Waals surface area contributed by atoms with Crippen LogP contribution in [0.5, 0.6) is 0 Å². The second-order valence-corrected chi connectivity index (χ2v) is 5.43. The molecular weight excluding hydrogens is 296 g/mol. The second-order valence-electron chi connectivity index (χ2n) is 5.10. The summed E-state index contributed by atoms with van der Waals surface area (Å²) in [5, 5.41) is 2.99. The lowest BCUT2D eigenvalue weighted by molar-refractivity contribution is -0.119. The van der Waals surface area contributed by atoms with Crippen LogP contribution in [-0.4, -0.2) is 53.2 Å². The molecule has 1 aromatic rings. The van der Waals surface area contributed by atoms with Crippen molar-refractivity contribution in [3.05, 3.63) is 5.28 Å². The highest BCUT2D eigenvalue weighted by Gasteiger charge is 2.22. The van der Waals surface area contributed by atoms with E-state index >= 15 is 0 Å². The van der Waals surface area contributed by atoms with Gasteiger partial charge in [-0.1, -0.05) is 13.8 Å². The Morgan fingerprint density at radius 2 is 2.00 bits per heavy atom. The van der Waals surface area contributed by atoms with Crippen LogP contribution in [-0.2, 0) is 9.53 Å². The zero-order valence-electron chi connectivity index (χ0n) is 12.0. The highest BCUT2D eigenvalue weighted by molar-refractivity contribution is 6.28. The van der Waals surface area contributed by atoms with E-state index in [0.29, 0.717) is 32.3 Å². The highest BCUT2D eigenvalue weighted by atomic mass is 35.5. The summed E-state index contributed by atoms with van der Waals surface area (Å²) in [7, 11) is 0. The van der Waals surface area contributed by atoms with Crippen molar-refractivity contribution in [1.82, 2.24) is 15.0 Å². The van der Waals surface area contributed by atoms with E-state index < -0.39 is 11.9 Å². The Hall–Kier alpha value is -1.67. The standard InChI is InChI=1S/C12H19ClN6O2/c1-7(2)8(9(14)20)15-11-16-10(13)17-12(18-11)19-3-5-21-6-4-19/h7-8H,3-6H2,1-2H3,(H2,14,20)(H,15,16,17,18). The molecule has 1 unspecified atom stereocenters. The normalized spacial score (nSPS) is 16.9. The van der Waals surface area contributed by atoms with Crippen molar-refractivity contribution >= 4 is 29.4 Å². The maximum Gasteiger partial charge on any atom is 0.240 e. The first kappa shape index (κ1) is 15.7. The van der Waals surface area contributed by atoms with Crippen molar-refractivity contribution in [2.75, 3.05) is 36.5 Å². The summed E-state index contributed by atoms with van der Waals surface area (Å²) in [5.41, 5.74) is 5.37. The molecule has 2 heterocycles. The van der Waals surface area contributed by atoms with Crippen LogP contribution in [0.1, 0.15) is 13.8 Å². The first-order chi connectivity index (χ1) is 9.97. The van der Waals surface area contributed by atoms with Gasteiger partial charge in [-0.15, -0.1) is 0 Å². The number of hydrogen-bond acceptors (Lipinski definition) is 7. The molecule has 0 spiro atoms. The van der Waals surface area contributed by atoms with Crippen LogP contribution >= 0.6 is 11.6 Å². The van der Waals surface area contributed by atoms with E-state index in [1.165, 1.54) is 0 Å². The number of nitrogens with zero attached hydrogens (tertiary/aromatic N) is 4. The van der Waals surface area contributed by atoms with Crippen molar-refractivity contribution in [3.63, 3.8) is 0 Å². The minimum Gasteiger partial charge on any atom is -0.378 e. The summed E-state index contributed by atoms with van der Waals surface area (Å²) in [6.07, 6.45) is 0. The minimum absolute atomic E-state index is 0.00452. The Morgan fingerprint density at radius 3 is 2.57 bits per heavy atom. The van der Waals surface area contributed by atoms with E-state index in [2.05, 4.69) is 20.3 Å². The molecule has 0 saturated carbocycles. The van der Waals surface area contributed by atoms with Gasteiger partial charge >= 0.3 is 0 Å². The number of nitrogens with two attached hydrogens (primary N) is 1. The highest BCUT2D eigenvalue weighted by Crippen LogP contribution is 2.16. The quantitative estimate of drug-likeness (QED) is 0.804. The zero-order chi connectivity index (χ0) is 15.4. The summed E-state index contributed by atoms with van der Waals surface area (Å²) in [6.45, 7) is 6.36. The summed E-state index contributed by atoms with van der Waals surface area (Å²) < 4.78 is 5.29. The van der Waals surface area contributed by atoms with Gasteiger partial charge in [-0.25, -0.2) is 0 Å². The van der Waals surface area contributed by atoms with Gasteiger partial charge in [0.2, 0.25) is 23.1 Å². The topological polar surface area (TPSA) is 106 Å². The summed E-state index contributed by atoms with van der Waals surface area (Å²) in [5.74, 6) is 0.251. The van der Waals surface area contributed by atoms with Crippen LogP contribution in [0.25, 0.3) is 0 Å². The number of aromatic nitrogens is 3. The van der Waals surface area contributed by atoms with Gasteiger partial charge in [0.05, 0.1) is 13.2 Å². The van der Waals surface area contributed by atoms with Gasteiger partial charge in [0.15, 0.2) is 0 Å². The number of rotatable bonds is 5. The molecule has 0 aromatic carbocycles. The van der Waals surface area contributed by atoms with Gasteiger partial charge in [0, 0.05) is 13.1 Å². The molecule has 1 saturated heterocycles. The maximum atomic E-state index is 11.4. The molecule has 1 atom stereocenters. The third-order valence-corrected chi connectivity index (χ3v) is 3.32. The Balaban J connectivity index is 2.19. The van der Waals surface area contributed by atoms with Gasteiger partial charge in [-0.3, -0.25) is 4.79 Å². The molecule has 1 aromatic heterocycles. The molecule has 1 fully saturated rings. The van der Waals surface area contributed by atoms with Crippen molar-refractivity contribution in [1.29, 1.82) is 0 Å². The predicted molar refractivity (Wildman–Crippen MR) is 79.3 cm³/mol. The third-order valence-electron chi connectivity index (χ3n) is 3.15. The Labute approximate surface area is 128 Å². The first-order valence-electron chi connectivity index (χ1n) is 6.77. The van der Waals surface area contributed by atoms with E-state index in [1.54, 1.807) is 0 Å². The van der Waals surface area contributed by atoms with Crippen molar-refractivity contribution < 1.29 is 9.53 Å². The van der Waals surface area contributed by atoms with Crippen molar-refractivity contribution in [2.45, 2.75) is 19.9 Å². The fourth-order valence-electron chi connectivity index (χ4n) is 2.01. The molecule has 8 nitrogen and oxygen atoms in total. The SMILES string of the molecule is CC(C)C(Nc1nc(Cl)nc(N2CCOCC2)n1)C(N)=O. The van der Waals surface area contributed by atoms with Crippen LogP contribution in [0.15, 0.2) is 0 Å². The number of ether oxygens (including phenoxy) is 1. The van der Waals surface area contributed by atoms with E-state index in [-0.39, 0.29) is 17.1 Å². The van der Waals surface area contributed by atoms with Gasteiger partial charge in [0.25, 0.3) is 0 Å². The molecule has 0 radical (unpaired) electrons. The Kier molecular flexibility index (Phi) is 5.13. The van der Waals surface area contributed by atoms with Crippen LogP contribution in [0.3, 0.4) is 0 Å². The first-order valence-corrected chi connectivity index (χ1v) is 7.15.